The number of aromatic nitrogens is 4. The number of aromatic hydroxyl groups is 1. The molecule has 0 radical (unpaired) electrons. The summed E-state index contributed by atoms with van der Waals surface area (Å²) in [5.41, 5.74) is -1.19. The lowest BCUT2D eigenvalue weighted by Crippen LogP contribution is -2.31. The van der Waals surface area contributed by atoms with Gasteiger partial charge in [0.2, 0.25) is 0 Å². The molecule has 4 rings (SSSR count). The van der Waals surface area contributed by atoms with Crippen LogP contribution in [0.25, 0.3) is 22.3 Å². The molecule has 0 aromatic carbocycles. The molecule has 0 atom stereocenters. The Morgan fingerprint density at radius 1 is 1.14 bits per heavy atom. The molecule has 4 heterocycles. The predicted molar refractivity (Wildman–Crippen MR) is 100 cm³/mol. The van der Waals surface area contributed by atoms with Gasteiger partial charge in [0.1, 0.15) is 17.1 Å². The van der Waals surface area contributed by atoms with Gasteiger partial charge in [-0.25, -0.2) is 14.6 Å². The minimum Gasteiger partial charge on any atom is -0.507 e. The molecule has 0 fully saturated rings. The molecular formula is C19H14N4O5. The van der Waals surface area contributed by atoms with Crippen LogP contribution in [0.2, 0.25) is 0 Å². The number of nitrogens with one attached hydrogen (secondary N) is 1. The van der Waals surface area contributed by atoms with E-state index in [2.05, 4.69) is 15.0 Å². The molecule has 4 aromatic rings. The van der Waals surface area contributed by atoms with E-state index in [1.54, 1.807) is 24.5 Å². The maximum absolute atomic E-state index is 12.4. The molecule has 0 aliphatic carbocycles. The maximum Gasteiger partial charge on any atom is 0.349 e. The van der Waals surface area contributed by atoms with Crippen molar-refractivity contribution >= 4 is 11.0 Å². The zero-order chi connectivity index (χ0) is 19.8. The summed E-state index contributed by atoms with van der Waals surface area (Å²) < 4.78 is 6.31. The van der Waals surface area contributed by atoms with Crippen molar-refractivity contribution in [2.75, 3.05) is 0 Å². The van der Waals surface area contributed by atoms with E-state index < -0.39 is 16.9 Å². The quantitative estimate of drug-likeness (QED) is 0.547. The van der Waals surface area contributed by atoms with Crippen LogP contribution in [0.15, 0.2) is 61.5 Å². The van der Waals surface area contributed by atoms with Crippen LogP contribution in [0.4, 0.5) is 0 Å². The lowest BCUT2D eigenvalue weighted by molar-refractivity contribution is 0.438. The molecule has 0 amide bonds. The Morgan fingerprint density at radius 2 is 1.89 bits per heavy atom. The largest absolute Gasteiger partial charge is 0.507 e. The topological polar surface area (TPSA) is 131 Å². The summed E-state index contributed by atoms with van der Waals surface area (Å²) in [6.07, 6.45) is 3.17. The number of hydrogen-bond donors (Lipinski definition) is 2. The van der Waals surface area contributed by atoms with E-state index in [0.29, 0.717) is 0 Å². The number of pyridine rings is 2. The Balaban J connectivity index is 1.99. The second-order valence-corrected chi connectivity index (χ2v) is 6.17. The van der Waals surface area contributed by atoms with Crippen molar-refractivity contribution < 1.29 is 9.52 Å². The first kappa shape index (κ1) is 17.4. The normalized spacial score (nSPS) is 11.0. The van der Waals surface area contributed by atoms with Crippen molar-refractivity contribution in [3.8, 4) is 17.0 Å². The molecule has 28 heavy (non-hydrogen) atoms. The first-order valence-corrected chi connectivity index (χ1v) is 8.31. The summed E-state index contributed by atoms with van der Waals surface area (Å²) in [5, 5.41) is 10.3. The fourth-order valence-corrected chi connectivity index (χ4v) is 2.95. The fourth-order valence-electron chi connectivity index (χ4n) is 2.95. The Bertz CT molecular complexity index is 1370. The molecule has 4 aromatic heterocycles. The van der Waals surface area contributed by atoms with Gasteiger partial charge in [0.15, 0.2) is 5.65 Å². The highest BCUT2D eigenvalue weighted by atomic mass is 16.4. The molecule has 0 saturated carbocycles. The van der Waals surface area contributed by atoms with Crippen LogP contribution in [0.3, 0.4) is 0 Å². The van der Waals surface area contributed by atoms with Crippen molar-refractivity contribution in [1.29, 1.82) is 0 Å². The third-order valence-electron chi connectivity index (χ3n) is 4.24. The lowest BCUT2D eigenvalue weighted by Gasteiger charge is -2.10. The average Bonchev–Trinajstić information content (AvgIpc) is 2.65. The highest BCUT2D eigenvalue weighted by molar-refractivity contribution is 5.78. The van der Waals surface area contributed by atoms with E-state index in [9.17, 15) is 19.5 Å². The minimum absolute atomic E-state index is 0.0856. The van der Waals surface area contributed by atoms with Gasteiger partial charge in [-0.3, -0.25) is 19.3 Å². The maximum atomic E-state index is 12.4. The molecule has 0 saturated heterocycles. The molecule has 0 aliphatic rings. The van der Waals surface area contributed by atoms with Gasteiger partial charge in [0.05, 0.1) is 17.6 Å². The second kappa shape index (κ2) is 6.62. The molecule has 9 heteroatoms. The van der Waals surface area contributed by atoms with Crippen molar-refractivity contribution in [3.63, 3.8) is 0 Å². The molecular weight excluding hydrogens is 364 g/mol. The summed E-state index contributed by atoms with van der Waals surface area (Å²) in [5.74, 6) is -0.0495. The smallest absolute Gasteiger partial charge is 0.349 e. The monoisotopic (exact) mass is 378 g/mol. The number of H-pyrrole nitrogens is 1. The zero-order valence-corrected chi connectivity index (χ0v) is 14.7. The number of hydrogen-bond acceptors (Lipinski definition) is 7. The average molecular weight is 378 g/mol. The van der Waals surface area contributed by atoms with Gasteiger partial charge in [0.25, 0.3) is 5.56 Å². The van der Waals surface area contributed by atoms with Gasteiger partial charge < -0.3 is 9.52 Å². The second-order valence-electron chi connectivity index (χ2n) is 6.17. The first-order valence-electron chi connectivity index (χ1n) is 8.31. The SMILES string of the molecule is Cc1cc(O)c(-c2ccc3c(=O)[nH]c(=O)n(Cc4ccncc4)c3n2)c(=O)o1. The van der Waals surface area contributed by atoms with Crippen LogP contribution >= 0.6 is 0 Å². The summed E-state index contributed by atoms with van der Waals surface area (Å²) in [4.78, 5) is 47.3. The third-order valence-corrected chi connectivity index (χ3v) is 4.24. The number of rotatable bonds is 3. The number of aryl methyl sites for hydroxylation is 1. The van der Waals surface area contributed by atoms with E-state index >= 15 is 0 Å². The Labute approximate surface area is 156 Å². The minimum atomic E-state index is -0.766. The third kappa shape index (κ3) is 2.98. The molecule has 0 spiro atoms. The van der Waals surface area contributed by atoms with Crippen LogP contribution in [-0.2, 0) is 6.54 Å². The van der Waals surface area contributed by atoms with Gasteiger partial charge in [-0.2, -0.15) is 0 Å². The molecule has 0 aliphatic heterocycles. The van der Waals surface area contributed by atoms with Crippen LogP contribution in [0, 0.1) is 6.92 Å². The summed E-state index contributed by atoms with van der Waals surface area (Å²) in [7, 11) is 0. The van der Waals surface area contributed by atoms with E-state index in [4.69, 9.17) is 4.42 Å². The molecule has 2 N–H and O–H groups in total. The Hall–Kier alpha value is -4.01. The first-order chi connectivity index (χ1) is 13.4. The number of fused-ring (bicyclic) bond motifs is 1. The van der Waals surface area contributed by atoms with Crippen LogP contribution < -0.4 is 16.9 Å². The molecule has 0 bridgehead atoms. The number of aromatic amines is 1. The summed E-state index contributed by atoms with van der Waals surface area (Å²) in [6.45, 7) is 1.67. The lowest BCUT2D eigenvalue weighted by atomic mass is 10.1. The van der Waals surface area contributed by atoms with Crippen molar-refractivity contribution in [2.24, 2.45) is 0 Å². The fraction of sp³-hybridized carbons (Fsp3) is 0.105. The van der Waals surface area contributed by atoms with Gasteiger partial charge >= 0.3 is 11.3 Å². The van der Waals surface area contributed by atoms with Crippen molar-refractivity contribution in [1.82, 2.24) is 19.5 Å². The van der Waals surface area contributed by atoms with Gasteiger partial charge in [-0.15, -0.1) is 0 Å². The predicted octanol–water partition coefficient (Wildman–Crippen LogP) is 1.16. The van der Waals surface area contributed by atoms with E-state index in [-0.39, 0.29) is 40.3 Å². The van der Waals surface area contributed by atoms with Crippen molar-refractivity contribution in [3.05, 3.63) is 85.3 Å². The molecule has 140 valence electrons. The highest BCUT2D eigenvalue weighted by Crippen LogP contribution is 2.25. The van der Waals surface area contributed by atoms with Crippen LogP contribution in [0.5, 0.6) is 5.75 Å². The van der Waals surface area contributed by atoms with Crippen molar-refractivity contribution in [2.45, 2.75) is 13.5 Å². The Kier molecular flexibility index (Phi) is 4.11. The number of nitrogens with zero attached hydrogens (tertiary/aromatic N) is 3. The van der Waals surface area contributed by atoms with Gasteiger partial charge in [-0.05, 0) is 36.8 Å². The van der Waals surface area contributed by atoms with Crippen LogP contribution in [-0.4, -0.2) is 24.6 Å². The van der Waals surface area contributed by atoms with E-state index in [0.717, 1.165) is 5.56 Å². The zero-order valence-electron chi connectivity index (χ0n) is 14.7. The summed E-state index contributed by atoms with van der Waals surface area (Å²) in [6, 6.07) is 7.61. The molecule has 0 unspecified atom stereocenters. The van der Waals surface area contributed by atoms with E-state index in [1.165, 1.54) is 29.7 Å². The van der Waals surface area contributed by atoms with Gasteiger partial charge in [-0.1, -0.05) is 0 Å². The standard InChI is InChI=1S/C19H14N4O5/c1-10-8-14(24)15(18(26)28-10)13-3-2-12-16(21-13)23(19(27)22-17(12)25)9-11-4-6-20-7-5-11/h2-8,24H,9H2,1H3,(H,22,25,27). The van der Waals surface area contributed by atoms with Gasteiger partial charge in [0, 0.05) is 18.5 Å². The highest BCUT2D eigenvalue weighted by Gasteiger charge is 2.17. The Morgan fingerprint density at radius 3 is 2.61 bits per heavy atom. The van der Waals surface area contributed by atoms with E-state index in [1.807, 2.05) is 0 Å². The van der Waals surface area contributed by atoms with Crippen LogP contribution in [0.1, 0.15) is 11.3 Å². The summed E-state index contributed by atoms with van der Waals surface area (Å²) >= 11 is 0. The molecule has 9 nitrogen and oxygen atoms in total.